The van der Waals surface area contributed by atoms with E-state index in [2.05, 4.69) is 39.6 Å². The molecule has 1 aliphatic carbocycles. The minimum atomic E-state index is 0.359. The third kappa shape index (κ3) is 1.64. The lowest BCUT2D eigenvalue weighted by Crippen LogP contribution is -2.17. The molecular formula is C10H12BrNO. The van der Waals surface area contributed by atoms with Crippen molar-refractivity contribution in [3.8, 4) is 0 Å². The molecule has 0 aromatic heterocycles. The maximum Gasteiger partial charge on any atom is 0.0577 e. The molecule has 1 unspecified atom stereocenters. The second-order valence-corrected chi connectivity index (χ2v) is 4.08. The van der Waals surface area contributed by atoms with Gasteiger partial charge in [-0.25, -0.2) is 0 Å². The highest BCUT2D eigenvalue weighted by molar-refractivity contribution is 9.10. The van der Waals surface area contributed by atoms with Crippen molar-refractivity contribution in [3.05, 3.63) is 33.8 Å². The third-order valence-electron chi connectivity index (χ3n) is 2.47. The van der Waals surface area contributed by atoms with Crippen LogP contribution in [0.25, 0.3) is 0 Å². The number of rotatable bonds is 2. The van der Waals surface area contributed by atoms with Crippen LogP contribution in [-0.4, -0.2) is 7.11 Å². The van der Waals surface area contributed by atoms with Crippen LogP contribution in [0.3, 0.4) is 0 Å². The number of hydrogen-bond acceptors (Lipinski definition) is 2. The van der Waals surface area contributed by atoms with Gasteiger partial charge in [-0.1, -0.05) is 28.1 Å². The number of fused-ring (bicyclic) bond motifs is 1. The molecule has 0 aliphatic heterocycles. The van der Waals surface area contributed by atoms with Crippen LogP contribution >= 0.6 is 15.9 Å². The van der Waals surface area contributed by atoms with Crippen LogP contribution in [0.5, 0.6) is 0 Å². The van der Waals surface area contributed by atoms with Gasteiger partial charge in [-0.3, -0.25) is 0 Å². The van der Waals surface area contributed by atoms with Crippen molar-refractivity contribution >= 4 is 15.9 Å². The Kier molecular flexibility index (Phi) is 2.67. The van der Waals surface area contributed by atoms with Crippen LogP contribution < -0.4 is 5.48 Å². The third-order valence-corrected chi connectivity index (χ3v) is 3.22. The lowest BCUT2D eigenvalue weighted by molar-refractivity contribution is 0.0610. The highest BCUT2D eigenvalue weighted by atomic mass is 79.9. The first-order chi connectivity index (χ1) is 6.33. The van der Waals surface area contributed by atoms with E-state index in [0.717, 1.165) is 12.8 Å². The molecule has 0 saturated heterocycles. The first-order valence-corrected chi connectivity index (χ1v) is 5.18. The van der Waals surface area contributed by atoms with Gasteiger partial charge in [0.15, 0.2) is 0 Å². The molecule has 13 heavy (non-hydrogen) atoms. The molecule has 0 fully saturated rings. The normalized spacial score (nSPS) is 20.3. The molecule has 1 aromatic carbocycles. The number of hydrogen-bond donors (Lipinski definition) is 1. The van der Waals surface area contributed by atoms with Gasteiger partial charge in [-0.2, -0.15) is 5.48 Å². The Labute approximate surface area is 86.4 Å². The summed E-state index contributed by atoms with van der Waals surface area (Å²) in [6.45, 7) is 0. The fourth-order valence-corrected chi connectivity index (χ4v) is 2.45. The van der Waals surface area contributed by atoms with Crippen molar-refractivity contribution in [1.82, 2.24) is 5.48 Å². The molecular weight excluding hydrogens is 230 g/mol. The van der Waals surface area contributed by atoms with Crippen LogP contribution in [0.1, 0.15) is 23.6 Å². The highest BCUT2D eigenvalue weighted by Gasteiger charge is 2.23. The van der Waals surface area contributed by atoms with Gasteiger partial charge < -0.3 is 4.84 Å². The van der Waals surface area contributed by atoms with Crippen molar-refractivity contribution in [2.24, 2.45) is 0 Å². The molecule has 0 spiro atoms. The fraction of sp³-hybridized carbons (Fsp3) is 0.400. The predicted octanol–water partition coefficient (Wildman–Crippen LogP) is 2.59. The van der Waals surface area contributed by atoms with Crippen molar-refractivity contribution in [3.63, 3.8) is 0 Å². The Hall–Kier alpha value is -0.380. The SMILES string of the molecule is CONC1CCc2c(Br)cccc21. The molecule has 0 heterocycles. The molecule has 1 atom stereocenters. The van der Waals surface area contributed by atoms with E-state index < -0.39 is 0 Å². The minimum Gasteiger partial charge on any atom is -0.305 e. The van der Waals surface area contributed by atoms with E-state index in [-0.39, 0.29) is 0 Å². The maximum absolute atomic E-state index is 4.96. The van der Waals surface area contributed by atoms with Gasteiger partial charge in [0.2, 0.25) is 0 Å². The molecule has 1 aliphatic rings. The highest BCUT2D eigenvalue weighted by Crippen LogP contribution is 2.35. The average Bonchev–Trinajstić information content (AvgIpc) is 2.51. The van der Waals surface area contributed by atoms with Crippen molar-refractivity contribution in [2.45, 2.75) is 18.9 Å². The van der Waals surface area contributed by atoms with E-state index in [9.17, 15) is 0 Å². The predicted molar refractivity (Wildman–Crippen MR) is 55.3 cm³/mol. The maximum atomic E-state index is 4.96. The lowest BCUT2D eigenvalue weighted by Gasteiger charge is -2.11. The number of hydroxylamine groups is 1. The second-order valence-electron chi connectivity index (χ2n) is 3.22. The Balaban J connectivity index is 2.32. The van der Waals surface area contributed by atoms with Crippen molar-refractivity contribution in [2.75, 3.05) is 7.11 Å². The van der Waals surface area contributed by atoms with Gasteiger partial charge >= 0.3 is 0 Å². The van der Waals surface area contributed by atoms with E-state index in [1.165, 1.54) is 15.6 Å². The van der Waals surface area contributed by atoms with E-state index in [0.29, 0.717) is 6.04 Å². The molecule has 0 radical (unpaired) electrons. The molecule has 0 bridgehead atoms. The van der Waals surface area contributed by atoms with Crippen LogP contribution in [0, 0.1) is 0 Å². The second kappa shape index (κ2) is 3.78. The topological polar surface area (TPSA) is 21.3 Å². The van der Waals surface area contributed by atoms with Gasteiger partial charge in [0, 0.05) is 4.47 Å². The Morgan fingerprint density at radius 1 is 1.54 bits per heavy atom. The van der Waals surface area contributed by atoms with E-state index in [4.69, 9.17) is 4.84 Å². The lowest BCUT2D eigenvalue weighted by atomic mass is 10.1. The van der Waals surface area contributed by atoms with E-state index in [1.807, 2.05) is 0 Å². The quantitative estimate of drug-likeness (QED) is 0.805. The van der Waals surface area contributed by atoms with Crippen LogP contribution in [-0.2, 0) is 11.3 Å². The summed E-state index contributed by atoms with van der Waals surface area (Å²) in [5.74, 6) is 0. The molecule has 70 valence electrons. The summed E-state index contributed by atoms with van der Waals surface area (Å²) in [4.78, 5) is 4.96. The summed E-state index contributed by atoms with van der Waals surface area (Å²) < 4.78 is 1.21. The zero-order valence-corrected chi connectivity index (χ0v) is 9.10. The Morgan fingerprint density at radius 2 is 2.38 bits per heavy atom. The first-order valence-electron chi connectivity index (χ1n) is 4.38. The summed E-state index contributed by atoms with van der Waals surface area (Å²) in [6.07, 6.45) is 2.24. The van der Waals surface area contributed by atoms with Gasteiger partial charge in [0.25, 0.3) is 0 Å². The van der Waals surface area contributed by atoms with Gasteiger partial charge in [-0.15, -0.1) is 0 Å². The van der Waals surface area contributed by atoms with E-state index >= 15 is 0 Å². The summed E-state index contributed by atoms with van der Waals surface area (Å²) in [6, 6.07) is 6.67. The summed E-state index contributed by atoms with van der Waals surface area (Å²) in [5, 5.41) is 0. The number of benzene rings is 1. The first kappa shape index (κ1) is 9.19. The molecule has 2 nitrogen and oxygen atoms in total. The fourth-order valence-electron chi connectivity index (χ4n) is 1.87. The standard InChI is InChI=1S/C10H12BrNO/c1-13-12-10-6-5-7-8(10)3-2-4-9(7)11/h2-4,10,12H,5-6H2,1H3. The van der Waals surface area contributed by atoms with Gasteiger partial charge in [-0.05, 0) is 30.0 Å². The molecule has 1 N–H and O–H groups in total. The smallest absolute Gasteiger partial charge is 0.0577 e. The van der Waals surface area contributed by atoms with Crippen molar-refractivity contribution in [1.29, 1.82) is 0 Å². The Bertz CT molecular complexity index is 314. The van der Waals surface area contributed by atoms with E-state index in [1.54, 1.807) is 7.11 Å². The largest absolute Gasteiger partial charge is 0.305 e. The molecule has 3 heteroatoms. The summed E-state index contributed by atoms with van der Waals surface area (Å²) in [7, 11) is 1.66. The van der Waals surface area contributed by atoms with Gasteiger partial charge in [0.05, 0.1) is 13.2 Å². The zero-order valence-electron chi connectivity index (χ0n) is 7.51. The minimum absolute atomic E-state index is 0.359. The average molecular weight is 242 g/mol. The monoisotopic (exact) mass is 241 g/mol. The molecule has 0 saturated carbocycles. The molecule has 0 amide bonds. The number of halogens is 1. The number of nitrogens with one attached hydrogen (secondary N) is 1. The van der Waals surface area contributed by atoms with Crippen molar-refractivity contribution < 1.29 is 4.84 Å². The van der Waals surface area contributed by atoms with Crippen LogP contribution in [0.4, 0.5) is 0 Å². The van der Waals surface area contributed by atoms with Crippen LogP contribution in [0.2, 0.25) is 0 Å². The van der Waals surface area contributed by atoms with Crippen LogP contribution in [0.15, 0.2) is 22.7 Å². The molecule has 2 rings (SSSR count). The van der Waals surface area contributed by atoms with Gasteiger partial charge in [0.1, 0.15) is 0 Å². The molecule has 1 aromatic rings. The zero-order chi connectivity index (χ0) is 9.26. The summed E-state index contributed by atoms with van der Waals surface area (Å²) in [5.41, 5.74) is 5.78. The summed E-state index contributed by atoms with van der Waals surface area (Å²) >= 11 is 3.56. The Morgan fingerprint density at radius 3 is 3.15 bits per heavy atom.